The molecule has 98 valence electrons. The van der Waals surface area contributed by atoms with Crippen LogP contribution in [-0.2, 0) is 11.2 Å². The monoisotopic (exact) mass is 248 g/mol. The van der Waals surface area contributed by atoms with Gasteiger partial charge in [0.05, 0.1) is 12.1 Å². The summed E-state index contributed by atoms with van der Waals surface area (Å²) in [5.41, 5.74) is 3.60. The normalized spacial score (nSPS) is 27.8. The minimum absolute atomic E-state index is 0.157. The molecule has 2 heterocycles. The highest BCUT2D eigenvalue weighted by atomic mass is 16.3. The van der Waals surface area contributed by atoms with Gasteiger partial charge in [0.15, 0.2) is 0 Å². The van der Waals surface area contributed by atoms with Gasteiger partial charge in [-0.05, 0) is 38.7 Å². The summed E-state index contributed by atoms with van der Waals surface area (Å²) in [5.74, 6) is 0.157. The number of carbonyl (C=O) groups is 1. The van der Waals surface area contributed by atoms with Gasteiger partial charge in [-0.15, -0.1) is 0 Å². The Hall–Kier alpha value is -1.29. The molecule has 1 aromatic rings. The first kappa shape index (κ1) is 11.8. The van der Waals surface area contributed by atoms with Crippen molar-refractivity contribution in [2.45, 2.75) is 51.2 Å². The molecule has 1 fully saturated rings. The Kier molecular flexibility index (Phi) is 2.90. The summed E-state index contributed by atoms with van der Waals surface area (Å²) in [6, 6.07) is 2.48. The zero-order valence-electron chi connectivity index (χ0n) is 10.8. The summed E-state index contributed by atoms with van der Waals surface area (Å²) in [5, 5.41) is 13.0. The van der Waals surface area contributed by atoms with E-state index in [0.29, 0.717) is 12.5 Å². The maximum Gasteiger partial charge on any atom is 0.220 e. The van der Waals surface area contributed by atoms with Crippen molar-refractivity contribution in [3.63, 3.8) is 0 Å². The molecule has 18 heavy (non-hydrogen) atoms. The number of hydrogen-bond acceptors (Lipinski definition) is 2. The molecule has 2 atom stereocenters. The van der Waals surface area contributed by atoms with Crippen LogP contribution in [0.5, 0.6) is 0 Å². The van der Waals surface area contributed by atoms with Crippen molar-refractivity contribution in [1.82, 2.24) is 9.88 Å². The third kappa shape index (κ3) is 1.85. The molecule has 1 aliphatic carbocycles. The van der Waals surface area contributed by atoms with Crippen molar-refractivity contribution >= 4 is 5.91 Å². The van der Waals surface area contributed by atoms with Gasteiger partial charge in [0.1, 0.15) is 0 Å². The molecule has 3 rings (SSSR count). The first-order valence-electron chi connectivity index (χ1n) is 6.82. The summed E-state index contributed by atoms with van der Waals surface area (Å²) in [6.07, 6.45) is 4.19. The van der Waals surface area contributed by atoms with E-state index < -0.39 is 0 Å². The molecule has 1 aromatic heterocycles. The molecule has 1 aliphatic heterocycles. The van der Waals surface area contributed by atoms with Gasteiger partial charge in [-0.3, -0.25) is 4.79 Å². The highest BCUT2D eigenvalue weighted by Crippen LogP contribution is 2.35. The van der Waals surface area contributed by atoms with E-state index in [1.165, 1.54) is 11.4 Å². The van der Waals surface area contributed by atoms with Crippen LogP contribution in [0.4, 0.5) is 0 Å². The van der Waals surface area contributed by atoms with Gasteiger partial charge in [-0.25, -0.2) is 0 Å². The summed E-state index contributed by atoms with van der Waals surface area (Å²) in [6.45, 7) is 2.82. The van der Waals surface area contributed by atoms with Crippen LogP contribution in [0.25, 0.3) is 0 Å². The predicted molar refractivity (Wildman–Crippen MR) is 68.3 cm³/mol. The van der Waals surface area contributed by atoms with E-state index >= 15 is 0 Å². The number of nitrogens with zero attached hydrogens (tertiary/aromatic N) is 1. The maximum atomic E-state index is 11.2. The van der Waals surface area contributed by atoms with Gasteiger partial charge in [-0.2, -0.15) is 0 Å². The van der Waals surface area contributed by atoms with Crippen LogP contribution in [0.2, 0.25) is 0 Å². The van der Waals surface area contributed by atoms with E-state index in [1.54, 1.807) is 0 Å². The Morgan fingerprint density at radius 3 is 2.94 bits per heavy atom. The minimum atomic E-state index is -0.299. The Morgan fingerprint density at radius 1 is 1.39 bits per heavy atom. The van der Waals surface area contributed by atoms with Crippen LogP contribution in [-0.4, -0.2) is 22.1 Å². The lowest BCUT2D eigenvalue weighted by molar-refractivity contribution is -0.122. The largest absolute Gasteiger partial charge is 0.388 e. The van der Waals surface area contributed by atoms with E-state index in [4.69, 9.17) is 0 Å². The minimum Gasteiger partial charge on any atom is -0.388 e. The number of carbonyl (C=O) groups excluding carboxylic acids is 1. The second-order valence-corrected chi connectivity index (χ2v) is 5.46. The number of rotatable bonds is 1. The highest BCUT2D eigenvalue weighted by Gasteiger charge is 2.28. The second-order valence-electron chi connectivity index (χ2n) is 5.46. The predicted octanol–water partition coefficient (Wildman–Crippen LogP) is 1.62. The standard InChI is InChI=1S/C14H20N2O2/c1-9-7-11-12(3-2-4-13(11)17)16(9)10-5-6-14(18)15-8-10/h7,10,13,17H,2-6,8H2,1H3,(H,15,18). The van der Waals surface area contributed by atoms with Crippen LogP contribution in [0.3, 0.4) is 0 Å². The van der Waals surface area contributed by atoms with Crippen molar-refractivity contribution in [2.75, 3.05) is 6.54 Å². The fraction of sp³-hybridized carbons (Fsp3) is 0.643. The van der Waals surface area contributed by atoms with Crippen LogP contribution < -0.4 is 5.32 Å². The van der Waals surface area contributed by atoms with Gasteiger partial charge >= 0.3 is 0 Å². The van der Waals surface area contributed by atoms with Crippen LogP contribution in [0.1, 0.15) is 54.8 Å². The molecule has 0 saturated carbocycles. The van der Waals surface area contributed by atoms with Crippen LogP contribution in [0.15, 0.2) is 6.07 Å². The molecule has 2 unspecified atom stereocenters. The maximum absolute atomic E-state index is 11.2. The third-order valence-electron chi connectivity index (χ3n) is 4.22. The number of aryl methyl sites for hydroxylation is 1. The molecule has 0 spiro atoms. The van der Waals surface area contributed by atoms with Crippen molar-refractivity contribution in [3.8, 4) is 0 Å². The highest BCUT2D eigenvalue weighted by molar-refractivity contribution is 5.76. The van der Waals surface area contributed by atoms with E-state index in [-0.39, 0.29) is 12.0 Å². The molecular weight excluding hydrogens is 228 g/mol. The molecular formula is C14H20N2O2. The lowest BCUT2D eigenvalue weighted by atomic mass is 9.94. The Labute approximate surface area is 107 Å². The van der Waals surface area contributed by atoms with Gasteiger partial charge in [0, 0.05) is 29.9 Å². The molecule has 1 amide bonds. The summed E-state index contributed by atoms with van der Waals surface area (Å²) < 4.78 is 2.34. The average Bonchev–Trinajstić information content (AvgIpc) is 2.69. The number of aromatic nitrogens is 1. The van der Waals surface area contributed by atoms with Gasteiger partial charge in [-0.1, -0.05) is 0 Å². The zero-order valence-corrected chi connectivity index (χ0v) is 10.8. The first-order chi connectivity index (χ1) is 8.66. The first-order valence-corrected chi connectivity index (χ1v) is 6.82. The Morgan fingerprint density at radius 2 is 2.22 bits per heavy atom. The van der Waals surface area contributed by atoms with Crippen LogP contribution >= 0.6 is 0 Å². The van der Waals surface area contributed by atoms with Crippen molar-refractivity contribution in [3.05, 3.63) is 23.0 Å². The van der Waals surface area contributed by atoms with Crippen LogP contribution in [0, 0.1) is 6.92 Å². The topological polar surface area (TPSA) is 54.3 Å². The van der Waals surface area contributed by atoms with E-state index in [9.17, 15) is 9.90 Å². The molecule has 2 N–H and O–H groups in total. The molecule has 0 radical (unpaired) electrons. The Bertz CT molecular complexity index is 468. The number of aliphatic hydroxyl groups is 1. The molecule has 2 aliphatic rings. The van der Waals surface area contributed by atoms with Gasteiger partial charge in [0.25, 0.3) is 0 Å². The lowest BCUT2D eigenvalue weighted by Gasteiger charge is -2.29. The van der Waals surface area contributed by atoms with E-state index in [2.05, 4.69) is 22.9 Å². The summed E-state index contributed by atoms with van der Waals surface area (Å²) in [4.78, 5) is 11.2. The smallest absolute Gasteiger partial charge is 0.220 e. The number of hydrogen-bond donors (Lipinski definition) is 2. The van der Waals surface area contributed by atoms with Crippen molar-refractivity contribution in [2.24, 2.45) is 0 Å². The Balaban J connectivity index is 1.94. The second kappa shape index (κ2) is 4.43. The number of piperidine rings is 1. The van der Waals surface area contributed by atoms with Crippen molar-refractivity contribution < 1.29 is 9.90 Å². The molecule has 4 heteroatoms. The molecule has 1 saturated heterocycles. The summed E-state index contributed by atoms with van der Waals surface area (Å²) in [7, 11) is 0. The number of amides is 1. The molecule has 0 aromatic carbocycles. The van der Waals surface area contributed by atoms with Gasteiger partial charge < -0.3 is 15.0 Å². The zero-order chi connectivity index (χ0) is 12.7. The quantitative estimate of drug-likeness (QED) is 0.793. The fourth-order valence-corrected chi connectivity index (χ4v) is 3.35. The third-order valence-corrected chi connectivity index (χ3v) is 4.22. The van der Waals surface area contributed by atoms with E-state index in [1.807, 2.05) is 0 Å². The SMILES string of the molecule is Cc1cc2c(n1C1CCC(=O)NC1)CCCC2O. The van der Waals surface area contributed by atoms with Gasteiger partial charge in [0.2, 0.25) is 5.91 Å². The fourth-order valence-electron chi connectivity index (χ4n) is 3.35. The molecule has 0 bridgehead atoms. The number of aliphatic hydroxyl groups excluding tert-OH is 1. The van der Waals surface area contributed by atoms with E-state index in [0.717, 1.165) is 37.8 Å². The molecule has 4 nitrogen and oxygen atoms in total. The summed E-state index contributed by atoms with van der Waals surface area (Å²) >= 11 is 0. The number of fused-ring (bicyclic) bond motifs is 1. The number of nitrogens with one attached hydrogen (secondary N) is 1. The van der Waals surface area contributed by atoms with Crippen molar-refractivity contribution in [1.29, 1.82) is 0 Å². The average molecular weight is 248 g/mol. The lowest BCUT2D eigenvalue weighted by Crippen LogP contribution is -2.37.